The zero-order valence-corrected chi connectivity index (χ0v) is 11.1. The Balaban J connectivity index is 2.84. The van der Waals surface area contributed by atoms with Crippen molar-refractivity contribution in [2.24, 2.45) is 5.73 Å². The quantitative estimate of drug-likeness (QED) is 0.880. The van der Waals surface area contributed by atoms with Crippen molar-refractivity contribution in [1.82, 2.24) is 4.98 Å². The number of aromatic amines is 1. The van der Waals surface area contributed by atoms with Gasteiger partial charge >= 0.3 is 0 Å². The van der Waals surface area contributed by atoms with Crippen molar-refractivity contribution in [3.8, 4) is 5.75 Å². The Bertz CT molecular complexity index is 546. The molecular weight excluding hydrogens is 236 g/mol. The van der Waals surface area contributed by atoms with Crippen LogP contribution >= 0.6 is 11.6 Å². The minimum absolute atomic E-state index is 0.377. The molecule has 0 unspecified atom stereocenters. The molecule has 0 aliphatic rings. The van der Waals surface area contributed by atoms with E-state index < -0.39 is 0 Å². The first-order valence-corrected chi connectivity index (χ1v) is 6.05. The van der Waals surface area contributed by atoms with Crippen LogP contribution in [-0.4, -0.2) is 12.1 Å². The molecule has 2 rings (SSSR count). The molecule has 0 radical (unpaired) electrons. The second-order valence-corrected chi connectivity index (χ2v) is 4.78. The number of hydrogen-bond donors (Lipinski definition) is 2. The van der Waals surface area contributed by atoms with E-state index in [0.717, 1.165) is 27.9 Å². The van der Waals surface area contributed by atoms with Gasteiger partial charge in [0.15, 0.2) is 0 Å². The highest BCUT2D eigenvalue weighted by atomic mass is 35.5. The number of H-pyrrole nitrogens is 1. The smallest absolute Gasteiger partial charge is 0.143 e. The Labute approximate surface area is 106 Å². The van der Waals surface area contributed by atoms with Crippen LogP contribution in [0.4, 0.5) is 0 Å². The summed E-state index contributed by atoms with van der Waals surface area (Å²) in [6.07, 6.45) is 0. The first-order chi connectivity index (χ1) is 8.10. The first-order valence-electron chi connectivity index (χ1n) is 5.67. The maximum atomic E-state index is 6.26. The molecule has 0 bridgehead atoms. The number of nitrogens with two attached hydrogens (primary N) is 1. The lowest BCUT2D eigenvalue weighted by Gasteiger charge is -2.05. The summed E-state index contributed by atoms with van der Waals surface area (Å²) in [7, 11) is 1.65. The fraction of sp³-hybridized carbons (Fsp3) is 0.385. The lowest BCUT2D eigenvalue weighted by atomic mass is 10.0. The van der Waals surface area contributed by atoms with Crippen LogP contribution in [0, 0.1) is 0 Å². The standard InChI is InChI=1S/C13H17ClN2O/c1-7(2)12-8(6-15)11-9(14)4-5-10(17-3)13(11)16-12/h4-5,7,16H,6,15H2,1-3H3. The fourth-order valence-corrected chi connectivity index (χ4v) is 2.47. The molecule has 0 aliphatic carbocycles. The Hall–Kier alpha value is -1.19. The predicted molar refractivity (Wildman–Crippen MR) is 71.8 cm³/mol. The molecule has 0 saturated heterocycles. The van der Waals surface area contributed by atoms with Crippen LogP contribution in [0.2, 0.25) is 5.02 Å². The van der Waals surface area contributed by atoms with Crippen LogP contribution in [0.3, 0.4) is 0 Å². The number of aromatic nitrogens is 1. The van der Waals surface area contributed by atoms with Crippen molar-refractivity contribution in [3.63, 3.8) is 0 Å². The zero-order chi connectivity index (χ0) is 12.6. The minimum atomic E-state index is 0.377. The number of hydrogen-bond acceptors (Lipinski definition) is 2. The van der Waals surface area contributed by atoms with E-state index in [0.29, 0.717) is 17.5 Å². The molecule has 4 heteroatoms. The van der Waals surface area contributed by atoms with Gasteiger partial charge in [0.2, 0.25) is 0 Å². The molecule has 17 heavy (non-hydrogen) atoms. The normalized spacial score (nSPS) is 11.4. The summed E-state index contributed by atoms with van der Waals surface area (Å²) in [5, 5.41) is 1.70. The second kappa shape index (κ2) is 4.59. The predicted octanol–water partition coefficient (Wildman–Crippen LogP) is 3.41. The van der Waals surface area contributed by atoms with Crippen LogP contribution in [0.15, 0.2) is 12.1 Å². The Morgan fingerprint density at radius 1 is 1.41 bits per heavy atom. The number of benzene rings is 1. The van der Waals surface area contributed by atoms with Gasteiger partial charge in [0.05, 0.1) is 17.6 Å². The van der Waals surface area contributed by atoms with Gasteiger partial charge in [-0.3, -0.25) is 0 Å². The molecule has 0 aliphatic heterocycles. The van der Waals surface area contributed by atoms with Crippen molar-refractivity contribution in [3.05, 3.63) is 28.4 Å². The van der Waals surface area contributed by atoms with Gasteiger partial charge < -0.3 is 15.5 Å². The van der Waals surface area contributed by atoms with E-state index in [1.165, 1.54) is 0 Å². The third-order valence-corrected chi connectivity index (χ3v) is 3.32. The van der Waals surface area contributed by atoms with Crippen molar-refractivity contribution >= 4 is 22.5 Å². The zero-order valence-electron chi connectivity index (χ0n) is 10.3. The summed E-state index contributed by atoms with van der Waals surface area (Å²) in [6.45, 7) is 4.73. The molecule has 2 aromatic rings. The highest BCUT2D eigenvalue weighted by molar-refractivity contribution is 6.36. The van der Waals surface area contributed by atoms with Crippen LogP contribution in [0.5, 0.6) is 5.75 Å². The van der Waals surface area contributed by atoms with Crippen molar-refractivity contribution < 1.29 is 4.74 Å². The highest BCUT2D eigenvalue weighted by Gasteiger charge is 2.17. The minimum Gasteiger partial charge on any atom is -0.495 e. The highest BCUT2D eigenvalue weighted by Crippen LogP contribution is 2.37. The molecule has 0 amide bonds. The van der Waals surface area contributed by atoms with Crippen LogP contribution < -0.4 is 10.5 Å². The van der Waals surface area contributed by atoms with Gasteiger partial charge in [0.1, 0.15) is 5.75 Å². The number of methoxy groups -OCH3 is 1. The van der Waals surface area contributed by atoms with Crippen LogP contribution in [-0.2, 0) is 6.54 Å². The average molecular weight is 253 g/mol. The summed E-state index contributed by atoms with van der Waals surface area (Å²) < 4.78 is 5.34. The van der Waals surface area contributed by atoms with E-state index in [1.54, 1.807) is 7.11 Å². The van der Waals surface area contributed by atoms with Crippen LogP contribution in [0.1, 0.15) is 31.0 Å². The molecule has 0 saturated carbocycles. The summed E-state index contributed by atoms with van der Waals surface area (Å²) in [6, 6.07) is 3.71. The summed E-state index contributed by atoms with van der Waals surface area (Å²) in [5.41, 5.74) is 8.99. The first kappa shape index (κ1) is 12.3. The third kappa shape index (κ3) is 1.90. The molecule has 0 atom stereocenters. The number of halogens is 1. The van der Waals surface area contributed by atoms with Crippen molar-refractivity contribution in [1.29, 1.82) is 0 Å². The molecule has 0 fully saturated rings. The Morgan fingerprint density at radius 3 is 2.65 bits per heavy atom. The van der Waals surface area contributed by atoms with Gasteiger partial charge in [0.25, 0.3) is 0 Å². The number of ether oxygens (including phenoxy) is 1. The maximum Gasteiger partial charge on any atom is 0.143 e. The molecule has 1 aromatic carbocycles. The van der Waals surface area contributed by atoms with Gasteiger partial charge in [-0.25, -0.2) is 0 Å². The van der Waals surface area contributed by atoms with E-state index in [9.17, 15) is 0 Å². The third-order valence-electron chi connectivity index (χ3n) is 3.00. The van der Waals surface area contributed by atoms with Crippen LogP contribution in [0.25, 0.3) is 10.9 Å². The van der Waals surface area contributed by atoms with E-state index in [1.807, 2.05) is 12.1 Å². The largest absolute Gasteiger partial charge is 0.495 e. The average Bonchev–Trinajstić information content (AvgIpc) is 2.70. The van der Waals surface area contributed by atoms with E-state index >= 15 is 0 Å². The maximum absolute atomic E-state index is 6.26. The van der Waals surface area contributed by atoms with Gasteiger partial charge in [-0.1, -0.05) is 25.4 Å². The molecule has 3 nitrogen and oxygen atoms in total. The van der Waals surface area contributed by atoms with Gasteiger partial charge in [-0.2, -0.15) is 0 Å². The van der Waals surface area contributed by atoms with Gasteiger partial charge in [-0.15, -0.1) is 0 Å². The van der Waals surface area contributed by atoms with Crippen molar-refractivity contribution in [2.45, 2.75) is 26.3 Å². The second-order valence-electron chi connectivity index (χ2n) is 4.38. The topological polar surface area (TPSA) is 51.0 Å². The molecule has 0 spiro atoms. The Morgan fingerprint density at radius 2 is 2.12 bits per heavy atom. The van der Waals surface area contributed by atoms with E-state index in [-0.39, 0.29) is 0 Å². The lowest BCUT2D eigenvalue weighted by molar-refractivity contribution is 0.419. The number of nitrogens with one attached hydrogen (secondary N) is 1. The molecule has 3 N–H and O–H groups in total. The summed E-state index contributed by atoms with van der Waals surface area (Å²) in [5.74, 6) is 1.17. The van der Waals surface area contributed by atoms with E-state index in [4.69, 9.17) is 22.1 Å². The molecular formula is C13H17ClN2O. The lowest BCUT2D eigenvalue weighted by Crippen LogP contribution is -2.01. The SMILES string of the molecule is COc1ccc(Cl)c2c(CN)c(C(C)C)[nH]c12. The number of fused-ring (bicyclic) bond motifs is 1. The Kier molecular flexibility index (Phi) is 3.31. The monoisotopic (exact) mass is 252 g/mol. The van der Waals surface area contributed by atoms with Gasteiger partial charge in [0, 0.05) is 17.6 Å². The summed E-state index contributed by atoms with van der Waals surface area (Å²) in [4.78, 5) is 3.39. The van der Waals surface area contributed by atoms with E-state index in [2.05, 4.69) is 18.8 Å². The fourth-order valence-electron chi connectivity index (χ4n) is 2.20. The van der Waals surface area contributed by atoms with Crippen molar-refractivity contribution in [2.75, 3.05) is 7.11 Å². The molecule has 1 aromatic heterocycles. The molecule has 92 valence electrons. The number of rotatable bonds is 3. The summed E-state index contributed by atoms with van der Waals surface area (Å²) >= 11 is 6.26. The molecule has 1 heterocycles. The van der Waals surface area contributed by atoms with Gasteiger partial charge in [-0.05, 0) is 23.6 Å².